The molecule has 0 fully saturated rings. The lowest BCUT2D eigenvalue weighted by molar-refractivity contribution is 0.661. The van der Waals surface area contributed by atoms with Crippen LogP contribution in [0.1, 0.15) is 5.56 Å². The molecular weight excluding hydrogens is 248 g/mol. The molecule has 3 aromatic rings. The minimum absolute atomic E-state index is 0.00660. The second-order valence-electron chi connectivity index (χ2n) is 4.72. The Labute approximate surface area is 117 Å². The molecule has 0 bridgehead atoms. The first kappa shape index (κ1) is 12.5. The van der Waals surface area contributed by atoms with Crippen LogP contribution in [-0.4, -0.2) is 9.13 Å². The zero-order chi connectivity index (χ0) is 13.8. The average molecular weight is 264 g/mol. The van der Waals surface area contributed by atoms with E-state index in [1.54, 1.807) is 9.13 Å². The Kier molecular flexibility index (Phi) is 3.50. The van der Waals surface area contributed by atoms with Gasteiger partial charge in [0.2, 0.25) is 0 Å². The average Bonchev–Trinajstić information content (AvgIpc) is 2.88. The number of rotatable bonds is 4. The van der Waals surface area contributed by atoms with Gasteiger partial charge in [0.1, 0.15) is 0 Å². The maximum Gasteiger partial charge on any atom is 0.332 e. The van der Waals surface area contributed by atoms with Gasteiger partial charge in [0, 0.05) is 18.9 Å². The van der Waals surface area contributed by atoms with Crippen molar-refractivity contribution in [1.82, 2.24) is 9.13 Å². The first-order valence-electron chi connectivity index (χ1n) is 6.72. The number of hydrogen-bond donors (Lipinski definition) is 0. The second-order valence-corrected chi connectivity index (χ2v) is 4.72. The standard InChI is InChI=1S/C17H16N2O/c20-17-18(12-11-15-7-3-1-4-8-15)13-14-19(17)16-9-5-2-6-10-16/h1-10,13-14H,11-12H2. The first-order valence-corrected chi connectivity index (χ1v) is 6.72. The third-order valence-electron chi connectivity index (χ3n) is 3.37. The molecule has 0 atom stereocenters. The van der Waals surface area contributed by atoms with E-state index >= 15 is 0 Å². The van der Waals surface area contributed by atoms with E-state index in [9.17, 15) is 4.79 Å². The molecular formula is C17H16N2O. The molecule has 0 aliphatic rings. The molecule has 0 aliphatic heterocycles. The van der Waals surface area contributed by atoms with Gasteiger partial charge in [-0.05, 0) is 24.1 Å². The lowest BCUT2D eigenvalue weighted by Gasteiger charge is -2.03. The molecule has 1 aromatic heterocycles. The molecule has 0 aliphatic carbocycles. The van der Waals surface area contributed by atoms with E-state index in [0.717, 1.165) is 12.1 Å². The maximum atomic E-state index is 12.3. The van der Waals surface area contributed by atoms with Gasteiger partial charge in [-0.3, -0.25) is 9.13 Å². The van der Waals surface area contributed by atoms with Crippen LogP contribution in [0.15, 0.2) is 77.9 Å². The van der Waals surface area contributed by atoms with Crippen molar-refractivity contribution >= 4 is 0 Å². The van der Waals surface area contributed by atoms with Crippen molar-refractivity contribution < 1.29 is 0 Å². The van der Waals surface area contributed by atoms with Gasteiger partial charge in [-0.25, -0.2) is 4.79 Å². The van der Waals surface area contributed by atoms with Crippen molar-refractivity contribution in [3.8, 4) is 5.69 Å². The summed E-state index contributed by atoms with van der Waals surface area (Å²) in [4.78, 5) is 12.3. The second kappa shape index (κ2) is 5.61. The smallest absolute Gasteiger partial charge is 0.299 e. The van der Waals surface area contributed by atoms with Crippen LogP contribution in [0.25, 0.3) is 5.69 Å². The Morgan fingerprint density at radius 2 is 1.45 bits per heavy atom. The van der Waals surface area contributed by atoms with Gasteiger partial charge in [0.25, 0.3) is 0 Å². The number of nitrogens with zero attached hydrogens (tertiary/aromatic N) is 2. The molecule has 0 spiro atoms. The predicted molar refractivity (Wildman–Crippen MR) is 80.2 cm³/mol. The van der Waals surface area contributed by atoms with Gasteiger partial charge in [-0.15, -0.1) is 0 Å². The Morgan fingerprint density at radius 3 is 2.15 bits per heavy atom. The fourth-order valence-electron chi connectivity index (χ4n) is 2.26. The van der Waals surface area contributed by atoms with Crippen LogP contribution in [0.2, 0.25) is 0 Å². The molecule has 0 unspecified atom stereocenters. The van der Waals surface area contributed by atoms with E-state index in [0.29, 0.717) is 6.54 Å². The summed E-state index contributed by atoms with van der Waals surface area (Å²) in [6, 6.07) is 19.9. The molecule has 2 aromatic carbocycles. The highest BCUT2D eigenvalue weighted by Gasteiger charge is 2.04. The third kappa shape index (κ3) is 2.57. The number of benzene rings is 2. The van der Waals surface area contributed by atoms with E-state index in [1.165, 1.54) is 5.56 Å². The van der Waals surface area contributed by atoms with E-state index in [-0.39, 0.29) is 5.69 Å². The molecule has 100 valence electrons. The van der Waals surface area contributed by atoms with Crippen molar-refractivity contribution in [1.29, 1.82) is 0 Å². The van der Waals surface area contributed by atoms with Crippen LogP contribution in [0, 0.1) is 0 Å². The van der Waals surface area contributed by atoms with Crippen LogP contribution < -0.4 is 5.69 Å². The van der Waals surface area contributed by atoms with Crippen LogP contribution in [-0.2, 0) is 13.0 Å². The largest absolute Gasteiger partial charge is 0.332 e. The van der Waals surface area contributed by atoms with Gasteiger partial charge in [0.05, 0.1) is 5.69 Å². The van der Waals surface area contributed by atoms with Crippen molar-refractivity contribution in [3.05, 3.63) is 89.1 Å². The van der Waals surface area contributed by atoms with Crippen LogP contribution in [0.5, 0.6) is 0 Å². The molecule has 3 heteroatoms. The van der Waals surface area contributed by atoms with Crippen molar-refractivity contribution in [3.63, 3.8) is 0 Å². The normalized spacial score (nSPS) is 10.6. The van der Waals surface area contributed by atoms with Gasteiger partial charge < -0.3 is 0 Å². The molecule has 3 rings (SSSR count). The van der Waals surface area contributed by atoms with Crippen LogP contribution in [0.3, 0.4) is 0 Å². The highest BCUT2D eigenvalue weighted by atomic mass is 16.1. The minimum atomic E-state index is 0.00660. The molecule has 1 heterocycles. The van der Waals surface area contributed by atoms with E-state index < -0.39 is 0 Å². The summed E-state index contributed by atoms with van der Waals surface area (Å²) in [6.45, 7) is 0.697. The number of para-hydroxylation sites is 1. The van der Waals surface area contributed by atoms with Crippen molar-refractivity contribution in [2.24, 2.45) is 0 Å². The summed E-state index contributed by atoms with van der Waals surface area (Å²) in [5.41, 5.74) is 2.15. The summed E-state index contributed by atoms with van der Waals surface area (Å²) in [5, 5.41) is 0. The fourth-order valence-corrected chi connectivity index (χ4v) is 2.26. The van der Waals surface area contributed by atoms with Crippen molar-refractivity contribution in [2.75, 3.05) is 0 Å². The molecule has 3 nitrogen and oxygen atoms in total. The molecule has 20 heavy (non-hydrogen) atoms. The van der Waals surface area contributed by atoms with Crippen molar-refractivity contribution in [2.45, 2.75) is 13.0 Å². The van der Waals surface area contributed by atoms with E-state index in [4.69, 9.17) is 0 Å². The van der Waals surface area contributed by atoms with E-state index in [1.807, 2.05) is 60.9 Å². The Morgan fingerprint density at radius 1 is 0.800 bits per heavy atom. The molecule has 0 saturated carbocycles. The Balaban J connectivity index is 1.80. The molecule has 0 saturated heterocycles. The quantitative estimate of drug-likeness (QED) is 0.712. The lowest BCUT2D eigenvalue weighted by atomic mass is 10.1. The summed E-state index contributed by atoms with van der Waals surface area (Å²) < 4.78 is 3.42. The Hall–Kier alpha value is -2.55. The highest BCUT2D eigenvalue weighted by molar-refractivity contribution is 5.30. The summed E-state index contributed by atoms with van der Waals surface area (Å²) in [6.07, 6.45) is 4.53. The number of aromatic nitrogens is 2. The molecule has 0 N–H and O–H groups in total. The minimum Gasteiger partial charge on any atom is -0.299 e. The monoisotopic (exact) mass is 264 g/mol. The first-order chi connectivity index (χ1) is 9.84. The molecule has 0 amide bonds. The van der Waals surface area contributed by atoms with Gasteiger partial charge in [-0.2, -0.15) is 0 Å². The zero-order valence-corrected chi connectivity index (χ0v) is 11.1. The lowest BCUT2D eigenvalue weighted by Crippen LogP contribution is -2.23. The third-order valence-corrected chi connectivity index (χ3v) is 3.37. The van der Waals surface area contributed by atoms with E-state index in [2.05, 4.69) is 12.1 Å². The topological polar surface area (TPSA) is 26.9 Å². The van der Waals surface area contributed by atoms with Gasteiger partial charge >= 0.3 is 5.69 Å². The number of hydrogen-bond acceptors (Lipinski definition) is 1. The van der Waals surface area contributed by atoms with Crippen LogP contribution in [0.4, 0.5) is 0 Å². The predicted octanol–water partition coefficient (Wildman–Crippen LogP) is 2.88. The molecule has 0 radical (unpaired) electrons. The summed E-state index contributed by atoms with van der Waals surface area (Å²) >= 11 is 0. The summed E-state index contributed by atoms with van der Waals surface area (Å²) in [5.74, 6) is 0. The van der Waals surface area contributed by atoms with Gasteiger partial charge in [0.15, 0.2) is 0 Å². The maximum absolute atomic E-state index is 12.3. The zero-order valence-electron chi connectivity index (χ0n) is 11.1. The van der Waals surface area contributed by atoms with Crippen LogP contribution >= 0.6 is 0 Å². The SMILES string of the molecule is O=c1n(CCc2ccccc2)ccn1-c1ccccc1. The number of imidazole rings is 1. The van der Waals surface area contributed by atoms with Gasteiger partial charge in [-0.1, -0.05) is 48.5 Å². The summed E-state index contributed by atoms with van der Waals surface area (Å²) in [7, 11) is 0. The highest BCUT2D eigenvalue weighted by Crippen LogP contribution is 2.05. The Bertz CT molecular complexity index is 726. The number of aryl methyl sites for hydroxylation is 2. The fraction of sp³-hybridized carbons (Fsp3) is 0.118.